The molecule has 116 valence electrons. The summed E-state index contributed by atoms with van der Waals surface area (Å²) in [5, 5.41) is 0. The van der Waals surface area contributed by atoms with Gasteiger partial charge in [0.15, 0.2) is 5.78 Å². The number of hydrogen-bond acceptors (Lipinski definition) is 4. The zero-order chi connectivity index (χ0) is 15.2. The van der Waals surface area contributed by atoms with Gasteiger partial charge in [-0.2, -0.15) is 0 Å². The summed E-state index contributed by atoms with van der Waals surface area (Å²) in [5.41, 5.74) is 0.0468. The second-order valence-electron chi connectivity index (χ2n) is 5.39. The molecule has 1 aromatic carbocycles. The molecule has 5 heteroatoms. The minimum absolute atomic E-state index is 0.0468. The van der Waals surface area contributed by atoms with Crippen molar-refractivity contribution in [2.75, 3.05) is 33.9 Å². The number of carbonyl (C=O) groups is 1. The standard InChI is InChI=1S/C16H22FNO3/c1-18(11-12-5-4-10-21-12)9-8-14(19)16-13(17)6-3-7-15(16)20-2/h3,6-7,12H,4-5,8-11H2,1-2H3. The lowest BCUT2D eigenvalue weighted by Gasteiger charge is -2.20. The monoisotopic (exact) mass is 295 g/mol. The molecule has 0 spiro atoms. The molecule has 1 atom stereocenters. The van der Waals surface area contributed by atoms with Crippen LogP contribution in [0.25, 0.3) is 0 Å². The lowest BCUT2D eigenvalue weighted by atomic mass is 10.1. The fraction of sp³-hybridized carbons (Fsp3) is 0.562. The molecule has 0 aromatic heterocycles. The van der Waals surface area contributed by atoms with Gasteiger partial charge in [-0.05, 0) is 32.0 Å². The Labute approximate surface area is 124 Å². The van der Waals surface area contributed by atoms with Gasteiger partial charge in [0.25, 0.3) is 0 Å². The average Bonchev–Trinajstić information content (AvgIpc) is 2.97. The topological polar surface area (TPSA) is 38.8 Å². The van der Waals surface area contributed by atoms with Crippen molar-refractivity contribution in [3.05, 3.63) is 29.6 Å². The predicted molar refractivity (Wildman–Crippen MR) is 78.4 cm³/mol. The lowest BCUT2D eigenvalue weighted by molar-refractivity contribution is 0.0777. The summed E-state index contributed by atoms with van der Waals surface area (Å²) >= 11 is 0. The second-order valence-corrected chi connectivity index (χ2v) is 5.39. The lowest BCUT2D eigenvalue weighted by Crippen LogP contribution is -2.30. The zero-order valence-corrected chi connectivity index (χ0v) is 12.6. The Hall–Kier alpha value is -1.46. The largest absolute Gasteiger partial charge is 0.496 e. The van der Waals surface area contributed by atoms with Crippen molar-refractivity contribution in [3.8, 4) is 5.75 Å². The molecule has 0 N–H and O–H groups in total. The molecule has 0 bridgehead atoms. The van der Waals surface area contributed by atoms with Crippen molar-refractivity contribution < 1.29 is 18.7 Å². The van der Waals surface area contributed by atoms with E-state index in [1.54, 1.807) is 6.07 Å². The van der Waals surface area contributed by atoms with E-state index in [9.17, 15) is 9.18 Å². The number of likely N-dealkylation sites (N-methyl/N-ethyl adjacent to an activating group) is 1. The highest BCUT2D eigenvalue weighted by atomic mass is 19.1. The normalized spacial score (nSPS) is 18.2. The Morgan fingerprint density at radius 2 is 2.33 bits per heavy atom. The highest BCUT2D eigenvalue weighted by Gasteiger charge is 2.20. The second kappa shape index (κ2) is 7.52. The van der Waals surface area contributed by atoms with Gasteiger partial charge in [0, 0.05) is 26.1 Å². The molecule has 4 nitrogen and oxygen atoms in total. The minimum Gasteiger partial charge on any atom is -0.496 e. The fourth-order valence-electron chi connectivity index (χ4n) is 2.59. The van der Waals surface area contributed by atoms with E-state index in [0.29, 0.717) is 12.3 Å². The summed E-state index contributed by atoms with van der Waals surface area (Å²) < 4.78 is 24.4. The first-order chi connectivity index (χ1) is 10.1. The van der Waals surface area contributed by atoms with Gasteiger partial charge in [0.05, 0.1) is 18.8 Å². The molecule has 0 aliphatic carbocycles. The van der Waals surface area contributed by atoms with Crippen LogP contribution in [-0.4, -0.2) is 50.6 Å². The van der Waals surface area contributed by atoms with Gasteiger partial charge in [0.2, 0.25) is 0 Å². The zero-order valence-electron chi connectivity index (χ0n) is 12.6. The van der Waals surface area contributed by atoms with E-state index in [-0.39, 0.29) is 23.9 Å². The molecule has 1 aliphatic heterocycles. The summed E-state index contributed by atoms with van der Waals surface area (Å²) in [6.45, 7) is 2.21. The van der Waals surface area contributed by atoms with Crippen LogP contribution < -0.4 is 4.74 Å². The van der Waals surface area contributed by atoms with Crippen LogP contribution in [0.15, 0.2) is 18.2 Å². The predicted octanol–water partition coefficient (Wildman–Crippen LogP) is 2.52. The Kier molecular flexibility index (Phi) is 5.70. The number of hydrogen-bond donors (Lipinski definition) is 0. The van der Waals surface area contributed by atoms with Crippen molar-refractivity contribution in [2.24, 2.45) is 0 Å². The van der Waals surface area contributed by atoms with E-state index in [1.807, 2.05) is 7.05 Å². The number of ketones is 1. The van der Waals surface area contributed by atoms with E-state index in [2.05, 4.69) is 4.90 Å². The molecular formula is C16H22FNO3. The Bertz CT molecular complexity index is 486. The van der Waals surface area contributed by atoms with Crippen LogP contribution in [0.1, 0.15) is 29.6 Å². The minimum atomic E-state index is -0.527. The maximum absolute atomic E-state index is 13.8. The van der Waals surface area contributed by atoms with Gasteiger partial charge < -0.3 is 14.4 Å². The maximum Gasteiger partial charge on any atom is 0.170 e. The molecule has 2 rings (SSSR count). The number of halogens is 1. The summed E-state index contributed by atoms with van der Waals surface area (Å²) in [6.07, 6.45) is 2.69. The van der Waals surface area contributed by atoms with Crippen molar-refractivity contribution >= 4 is 5.78 Å². The number of benzene rings is 1. The maximum atomic E-state index is 13.8. The first kappa shape index (κ1) is 15.9. The van der Waals surface area contributed by atoms with Crippen LogP contribution >= 0.6 is 0 Å². The summed E-state index contributed by atoms with van der Waals surface area (Å²) in [7, 11) is 3.39. The fourth-order valence-corrected chi connectivity index (χ4v) is 2.59. The summed E-state index contributed by atoms with van der Waals surface area (Å²) in [5.74, 6) is -0.466. The van der Waals surface area contributed by atoms with Gasteiger partial charge in [0.1, 0.15) is 11.6 Å². The average molecular weight is 295 g/mol. The molecule has 1 saturated heterocycles. The number of rotatable bonds is 7. The third-order valence-electron chi connectivity index (χ3n) is 3.73. The van der Waals surface area contributed by atoms with Crippen molar-refractivity contribution in [2.45, 2.75) is 25.4 Å². The Morgan fingerprint density at radius 3 is 3.00 bits per heavy atom. The highest BCUT2D eigenvalue weighted by Crippen LogP contribution is 2.22. The molecule has 1 aliphatic rings. The van der Waals surface area contributed by atoms with Crippen LogP contribution in [0.5, 0.6) is 5.75 Å². The van der Waals surface area contributed by atoms with Crippen LogP contribution in [0.4, 0.5) is 4.39 Å². The van der Waals surface area contributed by atoms with Crippen LogP contribution in [0.3, 0.4) is 0 Å². The first-order valence-electron chi connectivity index (χ1n) is 7.27. The molecule has 1 aromatic rings. The van der Waals surface area contributed by atoms with Crippen molar-refractivity contribution in [1.29, 1.82) is 0 Å². The van der Waals surface area contributed by atoms with Gasteiger partial charge in [-0.3, -0.25) is 4.79 Å². The molecule has 0 radical (unpaired) electrons. The summed E-state index contributed by atoms with van der Waals surface area (Å²) in [6, 6.07) is 4.42. The molecule has 1 fully saturated rings. The van der Waals surface area contributed by atoms with Crippen LogP contribution in [-0.2, 0) is 4.74 Å². The molecule has 1 unspecified atom stereocenters. The number of nitrogens with zero attached hydrogens (tertiary/aromatic N) is 1. The summed E-state index contributed by atoms with van der Waals surface area (Å²) in [4.78, 5) is 14.3. The van der Waals surface area contributed by atoms with Crippen molar-refractivity contribution in [3.63, 3.8) is 0 Å². The van der Waals surface area contributed by atoms with E-state index >= 15 is 0 Å². The van der Waals surface area contributed by atoms with Gasteiger partial charge in [-0.25, -0.2) is 4.39 Å². The SMILES string of the molecule is COc1cccc(F)c1C(=O)CCN(C)CC1CCCO1. The molecule has 0 amide bonds. The molecule has 0 saturated carbocycles. The van der Waals surface area contributed by atoms with Crippen molar-refractivity contribution in [1.82, 2.24) is 4.90 Å². The van der Waals surface area contributed by atoms with Gasteiger partial charge in [-0.15, -0.1) is 0 Å². The van der Waals surface area contributed by atoms with E-state index in [4.69, 9.17) is 9.47 Å². The molecular weight excluding hydrogens is 273 g/mol. The smallest absolute Gasteiger partial charge is 0.170 e. The van der Waals surface area contributed by atoms with E-state index in [1.165, 1.54) is 19.2 Å². The highest BCUT2D eigenvalue weighted by molar-refractivity contribution is 5.99. The third kappa shape index (κ3) is 4.25. The number of methoxy groups -OCH3 is 1. The number of ether oxygens (including phenoxy) is 2. The van der Waals surface area contributed by atoms with Crippen LogP contribution in [0.2, 0.25) is 0 Å². The molecule has 1 heterocycles. The third-order valence-corrected chi connectivity index (χ3v) is 3.73. The van der Waals surface area contributed by atoms with Gasteiger partial charge in [-0.1, -0.05) is 6.07 Å². The number of Topliss-reactive ketones (excluding diaryl/α,β-unsaturated/α-hetero) is 1. The Balaban J connectivity index is 1.89. The molecule has 21 heavy (non-hydrogen) atoms. The first-order valence-corrected chi connectivity index (χ1v) is 7.27. The Morgan fingerprint density at radius 1 is 1.52 bits per heavy atom. The van der Waals surface area contributed by atoms with E-state index < -0.39 is 5.82 Å². The van der Waals surface area contributed by atoms with Gasteiger partial charge >= 0.3 is 0 Å². The van der Waals surface area contributed by atoms with Crippen LogP contribution in [0, 0.1) is 5.82 Å². The number of carbonyl (C=O) groups excluding carboxylic acids is 1. The van der Waals surface area contributed by atoms with E-state index in [0.717, 1.165) is 26.0 Å². The quantitative estimate of drug-likeness (QED) is 0.725.